The highest BCUT2D eigenvalue weighted by molar-refractivity contribution is 8.02. The molecule has 0 spiro atoms. The predicted octanol–water partition coefficient (Wildman–Crippen LogP) is 3.65. The van der Waals surface area contributed by atoms with Crippen LogP contribution in [0.25, 0.3) is 0 Å². The minimum atomic E-state index is -5.65. The van der Waals surface area contributed by atoms with E-state index in [0.29, 0.717) is 10.5 Å². The second-order valence-corrected chi connectivity index (χ2v) is 7.62. The lowest BCUT2D eigenvalue weighted by Crippen LogP contribution is -2.29. The molecule has 118 valence electrons. The van der Waals surface area contributed by atoms with E-state index >= 15 is 0 Å². The molecule has 2 aromatic rings. The molecule has 8 heteroatoms. The summed E-state index contributed by atoms with van der Waals surface area (Å²) in [6.07, 6.45) is 0. The first-order chi connectivity index (χ1) is 10.3. The number of hydrogen-bond acceptors (Lipinski definition) is 3. The van der Waals surface area contributed by atoms with Gasteiger partial charge in [0.2, 0.25) is 11.2 Å². The van der Waals surface area contributed by atoms with Gasteiger partial charge in [-0.05, 0) is 15.8 Å². The van der Waals surface area contributed by atoms with Crippen LogP contribution < -0.4 is 0 Å². The Morgan fingerprint density at radius 3 is 1.91 bits per heavy atom. The average molecular weight is 349 g/mol. The minimum Gasteiger partial charge on any atom is -0.185 e. The van der Waals surface area contributed by atoms with E-state index < -0.39 is 26.8 Å². The standard InChI is InChI=1S/C14H12F3O3S2/c15-14(16,17)22(18,19)20-21(13-9-5-2-6-10-13)11-12-7-3-1-4-8-12/h1-10H,11H2/q+1. The third-order valence-electron chi connectivity index (χ3n) is 2.60. The van der Waals surface area contributed by atoms with Crippen molar-refractivity contribution in [2.24, 2.45) is 0 Å². The first-order valence-corrected chi connectivity index (χ1v) is 8.83. The Kier molecular flexibility index (Phi) is 5.15. The number of hydrogen-bond donors (Lipinski definition) is 0. The van der Waals surface area contributed by atoms with Crippen molar-refractivity contribution >= 4 is 21.3 Å². The monoisotopic (exact) mass is 349 g/mol. The summed E-state index contributed by atoms with van der Waals surface area (Å²) < 4.78 is 64.7. The minimum absolute atomic E-state index is 0.0418. The van der Waals surface area contributed by atoms with Gasteiger partial charge in [-0.1, -0.05) is 48.5 Å². The van der Waals surface area contributed by atoms with Gasteiger partial charge in [-0.25, -0.2) is 0 Å². The molecule has 22 heavy (non-hydrogen) atoms. The van der Waals surface area contributed by atoms with Gasteiger partial charge in [-0.2, -0.15) is 21.6 Å². The Morgan fingerprint density at radius 1 is 0.909 bits per heavy atom. The SMILES string of the molecule is O=S(=O)(O[S+](Cc1ccccc1)c1ccccc1)C(F)(F)F. The van der Waals surface area contributed by atoms with E-state index in [-0.39, 0.29) is 5.75 Å². The van der Waals surface area contributed by atoms with Crippen molar-refractivity contribution in [2.75, 3.05) is 0 Å². The van der Waals surface area contributed by atoms with Crippen molar-refractivity contribution in [3.05, 3.63) is 66.2 Å². The van der Waals surface area contributed by atoms with Gasteiger partial charge in [-0.3, -0.25) is 0 Å². The summed E-state index contributed by atoms with van der Waals surface area (Å²) in [6.45, 7) is 0. The Morgan fingerprint density at radius 2 is 1.41 bits per heavy atom. The van der Waals surface area contributed by atoms with E-state index in [0.717, 1.165) is 0 Å². The zero-order valence-corrected chi connectivity index (χ0v) is 12.8. The molecule has 2 rings (SSSR count). The van der Waals surface area contributed by atoms with Crippen molar-refractivity contribution in [1.29, 1.82) is 0 Å². The van der Waals surface area contributed by atoms with E-state index in [2.05, 4.69) is 3.63 Å². The van der Waals surface area contributed by atoms with Crippen LogP contribution in [-0.2, 0) is 30.7 Å². The maximum absolute atomic E-state index is 12.5. The van der Waals surface area contributed by atoms with Gasteiger partial charge in [0.1, 0.15) is 0 Å². The van der Waals surface area contributed by atoms with E-state index in [4.69, 9.17) is 0 Å². The van der Waals surface area contributed by atoms with Crippen LogP contribution in [0.1, 0.15) is 5.56 Å². The van der Waals surface area contributed by atoms with Gasteiger partial charge in [0.25, 0.3) is 0 Å². The highest BCUT2D eigenvalue weighted by Crippen LogP contribution is 2.30. The van der Waals surface area contributed by atoms with Crippen LogP contribution in [0, 0.1) is 0 Å². The van der Waals surface area contributed by atoms with Gasteiger partial charge in [0.05, 0.1) is 0 Å². The van der Waals surface area contributed by atoms with Crippen LogP contribution in [0.3, 0.4) is 0 Å². The first kappa shape index (κ1) is 16.9. The van der Waals surface area contributed by atoms with Crippen LogP contribution in [0.4, 0.5) is 13.2 Å². The smallest absolute Gasteiger partial charge is 0.185 e. The maximum atomic E-state index is 12.5. The predicted molar refractivity (Wildman–Crippen MR) is 78.3 cm³/mol. The molecule has 0 aromatic heterocycles. The lowest BCUT2D eigenvalue weighted by atomic mass is 10.2. The van der Waals surface area contributed by atoms with E-state index in [1.54, 1.807) is 48.5 Å². The number of alkyl halides is 3. The quantitative estimate of drug-likeness (QED) is 0.611. The molecule has 0 aliphatic carbocycles. The number of halogens is 3. The molecular weight excluding hydrogens is 337 g/mol. The van der Waals surface area contributed by atoms with Crippen molar-refractivity contribution in [2.45, 2.75) is 16.2 Å². The van der Waals surface area contributed by atoms with Gasteiger partial charge in [0, 0.05) is 5.56 Å². The fourth-order valence-electron chi connectivity index (χ4n) is 1.59. The van der Waals surface area contributed by atoms with Gasteiger partial charge >= 0.3 is 15.6 Å². The topological polar surface area (TPSA) is 43.4 Å². The third-order valence-corrected chi connectivity index (χ3v) is 5.94. The molecule has 0 heterocycles. The molecular formula is C14H12F3O3S2+. The molecule has 0 aliphatic rings. The molecule has 1 unspecified atom stereocenters. The molecule has 1 atom stereocenters. The molecule has 0 saturated carbocycles. The van der Waals surface area contributed by atoms with E-state index in [9.17, 15) is 21.6 Å². The van der Waals surface area contributed by atoms with Gasteiger partial charge < -0.3 is 0 Å². The highest BCUT2D eigenvalue weighted by atomic mass is 32.3. The molecule has 0 fully saturated rings. The Balaban J connectivity index is 2.31. The van der Waals surface area contributed by atoms with Gasteiger partial charge in [-0.15, -0.1) is 0 Å². The number of rotatable bonds is 5. The summed E-state index contributed by atoms with van der Waals surface area (Å²) >= 11 is -1.56. The van der Waals surface area contributed by atoms with Gasteiger partial charge in [0.15, 0.2) is 10.6 Å². The third kappa shape index (κ3) is 4.25. The highest BCUT2D eigenvalue weighted by Gasteiger charge is 2.53. The molecule has 0 radical (unpaired) electrons. The largest absolute Gasteiger partial charge is 0.527 e. The molecule has 3 nitrogen and oxygen atoms in total. The van der Waals surface area contributed by atoms with Crippen LogP contribution in [0.5, 0.6) is 0 Å². The van der Waals surface area contributed by atoms with Crippen LogP contribution in [-0.4, -0.2) is 13.9 Å². The summed E-state index contributed by atoms with van der Waals surface area (Å²) in [5, 5.41) is 0. The summed E-state index contributed by atoms with van der Waals surface area (Å²) in [4.78, 5) is 0.388. The number of benzene rings is 2. The van der Waals surface area contributed by atoms with E-state index in [1.807, 2.05) is 0 Å². The molecule has 0 aliphatic heterocycles. The van der Waals surface area contributed by atoms with Crippen LogP contribution >= 0.6 is 0 Å². The summed E-state index contributed by atoms with van der Waals surface area (Å²) in [6, 6.07) is 16.6. The second-order valence-electron chi connectivity index (χ2n) is 4.26. The van der Waals surface area contributed by atoms with Crippen molar-refractivity contribution in [3.8, 4) is 0 Å². The molecule has 0 saturated heterocycles. The average Bonchev–Trinajstić information content (AvgIpc) is 2.47. The molecule has 2 aromatic carbocycles. The first-order valence-electron chi connectivity index (χ1n) is 6.11. The van der Waals surface area contributed by atoms with Crippen molar-refractivity contribution in [3.63, 3.8) is 0 Å². The lowest BCUT2D eigenvalue weighted by Gasteiger charge is -2.09. The van der Waals surface area contributed by atoms with Crippen molar-refractivity contribution in [1.82, 2.24) is 0 Å². The molecule has 0 N–H and O–H groups in total. The Bertz CT molecular complexity index is 701. The summed E-state index contributed by atoms with van der Waals surface area (Å²) in [5.41, 5.74) is -4.75. The van der Waals surface area contributed by atoms with Crippen LogP contribution in [0.2, 0.25) is 0 Å². The van der Waals surface area contributed by atoms with Crippen LogP contribution in [0.15, 0.2) is 65.6 Å². The fourth-order valence-corrected chi connectivity index (χ4v) is 4.39. The summed E-state index contributed by atoms with van der Waals surface area (Å²) in [7, 11) is -5.65. The lowest BCUT2D eigenvalue weighted by molar-refractivity contribution is -0.0495. The summed E-state index contributed by atoms with van der Waals surface area (Å²) in [5.74, 6) is 0.0418. The maximum Gasteiger partial charge on any atom is 0.527 e. The van der Waals surface area contributed by atoms with E-state index in [1.165, 1.54) is 12.1 Å². The fraction of sp³-hybridized carbons (Fsp3) is 0.143. The molecule has 0 bridgehead atoms. The van der Waals surface area contributed by atoms with Crippen molar-refractivity contribution < 1.29 is 25.2 Å². The zero-order chi connectivity index (χ0) is 16.2. The normalized spacial score (nSPS) is 13.8. The Hall–Kier alpha value is -1.51. The zero-order valence-electron chi connectivity index (χ0n) is 11.2. The Labute approximate surface area is 129 Å². The second kappa shape index (κ2) is 6.72. The molecule has 0 amide bonds.